The summed E-state index contributed by atoms with van der Waals surface area (Å²) in [6, 6.07) is 4.70. The van der Waals surface area contributed by atoms with E-state index in [1.54, 1.807) is 17.0 Å². The fourth-order valence-electron chi connectivity index (χ4n) is 2.19. The van der Waals surface area contributed by atoms with E-state index < -0.39 is 4.92 Å². The molecule has 1 aromatic carbocycles. The zero-order valence-electron chi connectivity index (χ0n) is 9.93. The fraction of sp³-hybridized carbons (Fsp3) is 0.417. The quantitative estimate of drug-likeness (QED) is 0.623. The molecule has 0 radical (unpaired) electrons. The van der Waals surface area contributed by atoms with Crippen LogP contribution in [0, 0.1) is 10.1 Å². The van der Waals surface area contributed by atoms with Crippen LogP contribution in [0.2, 0.25) is 0 Å². The number of amides is 1. The molecule has 1 atom stereocenters. The summed E-state index contributed by atoms with van der Waals surface area (Å²) in [7, 11) is 0. The number of hydrogen-bond donors (Lipinski definition) is 0. The van der Waals surface area contributed by atoms with Gasteiger partial charge in [0, 0.05) is 24.2 Å². The molecular formula is C12H13BrN2O3. The summed E-state index contributed by atoms with van der Waals surface area (Å²) < 4.78 is 0.388. The first kappa shape index (κ1) is 13.0. The van der Waals surface area contributed by atoms with E-state index in [0.29, 0.717) is 10.0 Å². The monoisotopic (exact) mass is 312 g/mol. The second kappa shape index (κ2) is 5.06. The molecule has 1 saturated heterocycles. The van der Waals surface area contributed by atoms with E-state index >= 15 is 0 Å². The molecule has 1 heterocycles. The molecule has 1 aliphatic rings. The highest BCUT2D eigenvalue weighted by molar-refractivity contribution is 9.10. The van der Waals surface area contributed by atoms with E-state index in [2.05, 4.69) is 15.9 Å². The summed E-state index contributed by atoms with van der Waals surface area (Å²) in [5, 5.41) is 10.8. The van der Waals surface area contributed by atoms with Gasteiger partial charge in [0.2, 0.25) is 0 Å². The Bertz CT molecular complexity index is 504. The van der Waals surface area contributed by atoms with Crippen molar-refractivity contribution < 1.29 is 9.72 Å². The molecule has 1 unspecified atom stereocenters. The molecule has 1 aliphatic heterocycles. The Hall–Kier alpha value is -1.43. The molecule has 1 amide bonds. The van der Waals surface area contributed by atoms with Crippen LogP contribution in [0.5, 0.6) is 0 Å². The average Bonchev–Trinajstić information content (AvgIpc) is 2.75. The van der Waals surface area contributed by atoms with Crippen LogP contribution < -0.4 is 0 Å². The highest BCUT2D eigenvalue weighted by Crippen LogP contribution is 2.27. The van der Waals surface area contributed by atoms with Gasteiger partial charge in [-0.15, -0.1) is 0 Å². The number of nitrogens with zero attached hydrogens (tertiary/aromatic N) is 2. The third kappa shape index (κ3) is 2.38. The number of carbonyl (C=O) groups excluding carboxylic acids is 1. The minimum atomic E-state index is -0.492. The molecule has 0 bridgehead atoms. The Kier molecular flexibility index (Phi) is 3.65. The molecule has 18 heavy (non-hydrogen) atoms. The molecule has 2 rings (SSSR count). The average molecular weight is 313 g/mol. The first-order valence-electron chi connectivity index (χ1n) is 5.75. The molecule has 96 valence electrons. The Morgan fingerprint density at radius 3 is 2.83 bits per heavy atom. The normalized spacial score (nSPS) is 19.0. The van der Waals surface area contributed by atoms with Gasteiger partial charge >= 0.3 is 0 Å². The smallest absolute Gasteiger partial charge is 0.284 e. The highest BCUT2D eigenvalue weighted by atomic mass is 79.9. The van der Waals surface area contributed by atoms with Crippen LogP contribution in [0.25, 0.3) is 0 Å². The molecule has 0 saturated carbocycles. The van der Waals surface area contributed by atoms with Crippen molar-refractivity contribution in [3.63, 3.8) is 0 Å². The summed E-state index contributed by atoms with van der Waals surface area (Å²) >= 11 is 3.11. The van der Waals surface area contributed by atoms with Gasteiger partial charge in [0.1, 0.15) is 0 Å². The van der Waals surface area contributed by atoms with Gasteiger partial charge in [-0.3, -0.25) is 14.9 Å². The van der Waals surface area contributed by atoms with Gasteiger partial charge in [0.15, 0.2) is 0 Å². The Morgan fingerprint density at radius 2 is 2.28 bits per heavy atom. The van der Waals surface area contributed by atoms with Crippen LogP contribution in [0.3, 0.4) is 0 Å². The Labute approximate surface area is 113 Å². The zero-order chi connectivity index (χ0) is 13.3. The summed E-state index contributed by atoms with van der Waals surface area (Å²) in [5.74, 6) is -0.129. The number of nitro benzene ring substituents is 1. The maximum absolute atomic E-state index is 12.2. The van der Waals surface area contributed by atoms with E-state index in [1.165, 1.54) is 6.07 Å². The molecular weight excluding hydrogens is 300 g/mol. The number of hydrogen-bond acceptors (Lipinski definition) is 3. The molecule has 0 spiro atoms. The van der Waals surface area contributed by atoms with Crippen molar-refractivity contribution in [3.8, 4) is 0 Å². The minimum absolute atomic E-state index is 0.0762. The van der Waals surface area contributed by atoms with E-state index in [9.17, 15) is 14.9 Å². The number of carbonyl (C=O) groups is 1. The van der Waals surface area contributed by atoms with Crippen molar-refractivity contribution in [3.05, 3.63) is 38.3 Å². The Balaban J connectivity index is 2.31. The lowest BCUT2D eigenvalue weighted by Crippen LogP contribution is -2.33. The predicted molar refractivity (Wildman–Crippen MR) is 70.5 cm³/mol. The minimum Gasteiger partial charge on any atom is -0.336 e. The highest BCUT2D eigenvalue weighted by Gasteiger charge is 2.27. The molecule has 0 N–H and O–H groups in total. The molecule has 1 fully saturated rings. The van der Waals surface area contributed by atoms with Gasteiger partial charge < -0.3 is 4.90 Å². The number of likely N-dealkylation sites (tertiary alicyclic amines) is 1. The summed E-state index contributed by atoms with van der Waals surface area (Å²) in [6.07, 6.45) is 1.98. The molecule has 0 aromatic heterocycles. The largest absolute Gasteiger partial charge is 0.336 e. The second-order valence-corrected chi connectivity index (χ2v) is 5.27. The van der Waals surface area contributed by atoms with Gasteiger partial charge in [0.25, 0.3) is 11.6 Å². The Morgan fingerprint density at radius 1 is 1.56 bits per heavy atom. The van der Waals surface area contributed by atoms with Crippen LogP contribution in [0.4, 0.5) is 5.69 Å². The van der Waals surface area contributed by atoms with Crippen LogP contribution in [-0.2, 0) is 0 Å². The molecule has 5 nitrogen and oxygen atoms in total. The van der Waals surface area contributed by atoms with Gasteiger partial charge in [-0.05, 0) is 47.8 Å². The summed E-state index contributed by atoms with van der Waals surface area (Å²) in [6.45, 7) is 2.72. The lowest BCUT2D eigenvalue weighted by Gasteiger charge is -2.21. The van der Waals surface area contributed by atoms with Crippen molar-refractivity contribution in [1.82, 2.24) is 4.90 Å². The van der Waals surface area contributed by atoms with Crippen molar-refractivity contribution >= 4 is 27.5 Å². The summed E-state index contributed by atoms with van der Waals surface area (Å²) in [5.41, 5.74) is 0.298. The lowest BCUT2D eigenvalue weighted by atomic mass is 10.1. The number of rotatable bonds is 2. The van der Waals surface area contributed by atoms with E-state index in [1.807, 2.05) is 6.92 Å². The van der Waals surface area contributed by atoms with Gasteiger partial charge in [-0.25, -0.2) is 0 Å². The van der Waals surface area contributed by atoms with E-state index in [-0.39, 0.29) is 17.6 Å². The first-order chi connectivity index (χ1) is 8.50. The standard InChI is InChI=1S/C12H13BrN2O3/c1-8-3-2-6-14(8)12(16)9-4-5-10(13)11(7-9)15(17)18/h4-5,7-8H,2-3,6H2,1H3. The van der Waals surface area contributed by atoms with Crippen LogP contribution in [0.1, 0.15) is 30.1 Å². The lowest BCUT2D eigenvalue weighted by molar-refractivity contribution is -0.385. The molecule has 1 aromatic rings. The number of nitro groups is 1. The van der Waals surface area contributed by atoms with Gasteiger partial charge in [-0.1, -0.05) is 0 Å². The third-order valence-corrected chi connectivity index (χ3v) is 3.87. The summed E-state index contributed by atoms with van der Waals surface area (Å²) in [4.78, 5) is 24.3. The van der Waals surface area contributed by atoms with Crippen molar-refractivity contribution in [2.24, 2.45) is 0 Å². The van der Waals surface area contributed by atoms with E-state index in [0.717, 1.165) is 19.4 Å². The van der Waals surface area contributed by atoms with Crippen LogP contribution in [0.15, 0.2) is 22.7 Å². The van der Waals surface area contributed by atoms with Crippen molar-refractivity contribution in [2.45, 2.75) is 25.8 Å². The maximum atomic E-state index is 12.2. The van der Waals surface area contributed by atoms with Crippen LogP contribution in [-0.4, -0.2) is 28.3 Å². The number of halogens is 1. The molecule has 6 heteroatoms. The topological polar surface area (TPSA) is 63.5 Å². The third-order valence-electron chi connectivity index (χ3n) is 3.20. The predicted octanol–water partition coefficient (Wildman–Crippen LogP) is 2.98. The maximum Gasteiger partial charge on any atom is 0.284 e. The van der Waals surface area contributed by atoms with Gasteiger partial charge in [-0.2, -0.15) is 0 Å². The van der Waals surface area contributed by atoms with E-state index in [4.69, 9.17) is 0 Å². The van der Waals surface area contributed by atoms with Crippen molar-refractivity contribution in [1.29, 1.82) is 0 Å². The zero-order valence-corrected chi connectivity index (χ0v) is 11.5. The van der Waals surface area contributed by atoms with Crippen molar-refractivity contribution in [2.75, 3.05) is 6.54 Å². The van der Waals surface area contributed by atoms with Crippen LogP contribution >= 0.6 is 15.9 Å². The fourth-order valence-corrected chi connectivity index (χ4v) is 2.58. The molecule has 0 aliphatic carbocycles. The second-order valence-electron chi connectivity index (χ2n) is 4.41. The van der Waals surface area contributed by atoms with Gasteiger partial charge in [0.05, 0.1) is 9.40 Å². The SMILES string of the molecule is CC1CCCN1C(=O)c1ccc(Br)c([N+](=O)[O-])c1. The number of benzene rings is 1. The first-order valence-corrected chi connectivity index (χ1v) is 6.55.